The van der Waals surface area contributed by atoms with Gasteiger partial charge in [0.15, 0.2) is 0 Å². The van der Waals surface area contributed by atoms with Crippen molar-refractivity contribution < 1.29 is 4.79 Å². The minimum absolute atomic E-state index is 0.240. The molecule has 3 rings (SSSR count). The van der Waals surface area contributed by atoms with Gasteiger partial charge in [0, 0.05) is 11.2 Å². The lowest BCUT2D eigenvalue weighted by Gasteiger charge is -2.18. The fourth-order valence-corrected chi connectivity index (χ4v) is 2.31. The number of halogens is 1. The molecule has 2 aromatic rings. The van der Waals surface area contributed by atoms with E-state index in [0.29, 0.717) is 10.8 Å². The van der Waals surface area contributed by atoms with E-state index in [2.05, 4.69) is 15.6 Å². The second kappa shape index (κ2) is 5.13. The third-order valence-electron chi connectivity index (χ3n) is 3.41. The molecule has 0 radical (unpaired) electrons. The second-order valence-corrected chi connectivity index (χ2v) is 5.32. The van der Waals surface area contributed by atoms with E-state index >= 15 is 0 Å². The maximum Gasteiger partial charge on any atom is 0.321 e. The molecule has 0 saturated heterocycles. The number of rotatable bonds is 3. The molecule has 102 valence electrons. The lowest BCUT2D eigenvalue weighted by Crippen LogP contribution is -2.38. The lowest BCUT2D eigenvalue weighted by atomic mass is 10.1. The van der Waals surface area contributed by atoms with E-state index in [1.165, 1.54) is 0 Å². The van der Waals surface area contributed by atoms with E-state index in [-0.39, 0.29) is 11.6 Å². The Bertz CT molecular complexity index is 609. The summed E-state index contributed by atoms with van der Waals surface area (Å²) in [6, 6.07) is 12.7. The summed E-state index contributed by atoms with van der Waals surface area (Å²) in [5, 5.41) is 6.45. The van der Waals surface area contributed by atoms with E-state index in [9.17, 15) is 4.79 Å². The number of benzene rings is 1. The zero-order chi connectivity index (χ0) is 14.0. The molecule has 1 aliphatic carbocycles. The molecule has 20 heavy (non-hydrogen) atoms. The van der Waals surface area contributed by atoms with Crippen molar-refractivity contribution in [2.24, 2.45) is 0 Å². The SMILES string of the molecule is O=C(Nc1ccccn1)NC1(c2ccc(Cl)cc2)CC1. The molecule has 1 saturated carbocycles. The fraction of sp³-hybridized carbons (Fsp3) is 0.200. The van der Waals surface area contributed by atoms with Crippen molar-refractivity contribution in [1.29, 1.82) is 0 Å². The first kappa shape index (κ1) is 12.9. The van der Waals surface area contributed by atoms with Crippen molar-refractivity contribution in [3.05, 3.63) is 59.2 Å². The van der Waals surface area contributed by atoms with Gasteiger partial charge in [-0.3, -0.25) is 5.32 Å². The summed E-state index contributed by atoms with van der Waals surface area (Å²) in [5.41, 5.74) is 0.821. The Hall–Kier alpha value is -2.07. The number of carbonyl (C=O) groups is 1. The first-order valence-corrected chi connectivity index (χ1v) is 6.82. The van der Waals surface area contributed by atoms with Crippen LogP contribution >= 0.6 is 11.6 Å². The third kappa shape index (κ3) is 2.75. The number of urea groups is 1. The van der Waals surface area contributed by atoms with Crippen LogP contribution in [0.25, 0.3) is 0 Å². The summed E-state index contributed by atoms with van der Waals surface area (Å²) in [7, 11) is 0. The maximum absolute atomic E-state index is 12.0. The highest BCUT2D eigenvalue weighted by Crippen LogP contribution is 2.45. The molecule has 0 unspecified atom stereocenters. The van der Waals surface area contributed by atoms with Gasteiger partial charge in [-0.05, 0) is 42.7 Å². The van der Waals surface area contributed by atoms with Crippen LogP contribution in [0, 0.1) is 0 Å². The standard InChI is InChI=1S/C15H14ClN3O/c16-12-6-4-11(5-7-12)15(8-9-15)19-14(20)18-13-3-1-2-10-17-13/h1-7,10H,8-9H2,(H2,17,18,19,20). The van der Waals surface area contributed by atoms with Gasteiger partial charge in [-0.1, -0.05) is 29.8 Å². The molecule has 1 aliphatic rings. The summed E-state index contributed by atoms with van der Waals surface area (Å²) < 4.78 is 0. The van der Waals surface area contributed by atoms with Gasteiger partial charge in [0.1, 0.15) is 5.82 Å². The molecule has 0 spiro atoms. The van der Waals surface area contributed by atoms with Crippen LogP contribution in [0.15, 0.2) is 48.7 Å². The van der Waals surface area contributed by atoms with E-state index in [1.807, 2.05) is 30.3 Å². The van der Waals surface area contributed by atoms with E-state index < -0.39 is 0 Å². The van der Waals surface area contributed by atoms with Crippen LogP contribution in [0.3, 0.4) is 0 Å². The molecule has 0 atom stereocenters. The summed E-state index contributed by atoms with van der Waals surface area (Å²) >= 11 is 5.89. The molecule has 0 bridgehead atoms. The predicted octanol–water partition coefficient (Wildman–Crippen LogP) is 3.55. The van der Waals surface area contributed by atoms with Gasteiger partial charge >= 0.3 is 6.03 Å². The van der Waals surface area contributed by atoms with Gasteiger partial charge in [0.2, 0.25) is 0 Å². The average molecular weight is 288 g/mol. The summed E-state index contributed by atoms with van der Waals surface area (Å²) in [5.74, 6) is 0.539. The number of pyridine rings is 1. The minimum Gasteiger partial charge on any atom is -0.328 e. The molecule has 1 aromatic heterocycles. The van der Waals surface area contributed by atoms with Crippen LogP contribution < -0.4 is 10.6 Å². The first-order chi connectivity index (χ1) is 9.68. The Morgan fingerprint density at radius 1 is 1.15 bits per heavy atom. The predicted molar refractivity (Wildman–Crippen MR) is 78.8 cm³/mol. The monoisotopic (exact) mass is 287 g/mol. The first-order valence-electron chi connectivity index (χ1n) is 6.44. The topological polar surface area (TPSA) is 54.0 Å². The van der Waals surface area contributed by atoms with Crippen molar-refractivity contribution in [2.75, 3.05) is 5.32 Å². The van der Waals surface area contributed by atoms with Gasteiger partial charge < -0.3 is 5.32 Å². The molecular weight excluding hydrogens is 274 g/mol. The number of aromatic nitrogens is 1. The number of hydrogen-bond acceptors (Lipinski definition) is 2. The van der Waals surface area contributed by atoms with Gasteiger partial charge in [-0.15, -0.1) is 0 Å². The van der Waals surface area contributed by atoms with Gasteiger partial charge in [-0.25, -0.2) is 9.78 Å². The van der Waals surface area contributed by atoms with Crippen molar-refractivity contribution >= 4 is 23.4 Å². The van der Waals surface area contributed by atoms with E-state index in [0.717, 1.165) is 18.4 Å². The van der Waals surface area contributed by atoms with Crippen molar-refractivity contribution in [1.82, 2.24) is 10.3 Å². The highest BCUT2D eigenvalue weighted by atomic mass is 35.5. The number of hydrogen-bond donors (Lipinski definition) is 2. The fourth-order valence-electron chi connectivity index (χ4n) is 2.18. The summed E-state index contributed by atoms with van der Waals surface area (Å²) in [6.07, 6.45) is 3.51. The van der Waals surface area contributed by atoms with Crippen LogP contribution in [0.1, 0.15) is 18.4 Å². The summed E-state index contributed by atoms with van der Waals surface area (Å²) in [6.45, 7) is 0. The number of amides is 2. The molecule has 4 nitrogen and oxygen atoms in total. The van der Waals surface area contributed by atoms with Gasteiger partial charge in [0.25, 0.3) is 0 Å². The van der Waals surface area contributed by atoms with Crippen LogP contribution in [-0.4, -0.2) is 11.0 Å². The van der Waals surface area contributed by atoms with Crippen molar-refractivity contribution in [3.63, 3.8) is 0 Å². The molecule has 2 N–H and O–H groups in total. The molecular formula is C15H14ClN3O. The van der Waals surface area contributed by atoms with Crippen LogP contribution in [-0.2, 0) is 5.54 Å². The van der Waals surface area contributed by atoms with E-state index in [1.54, 1.807) is 18.3 Å². The van der Waals surface area contributed by atoms with Gasteiger partial charge in [-0.2, -0.15) is 0 Å². The summed E-state index contributed by atoms with van der Waals surface area (Å²) in [4.78, 5) is 16.1. The molecule has 0 aliphatic heterocycles. The van der Waals surface area contributed by atoms with Crippen LogP contribution in [0.2, 0.25) is 5.02 Å². The molecule has 5 heteroatoms. The normalized spacial score (nSPS) is 15.4. The second-order valence-electron chi connectivity index (χ2n) is 4.88. The number of nitrogens with one attached hydrogen (secondary N) is 2. The molecule has 1 fully saturated rings. The Balaban J connectivity index is 1.68. The van der Waals surface area contributed by atoms with Crippen LogP contribution in [0.4, 0.5) is 10.6 Å². The van der Waals surface area contributed by atoms with Crippen molar-refractivity contribution in [3.8, 4) is 0 Å². The zero-order valence-electron chi connectivity index (χ0n) is 10.8. The van der Waals surface area contributed by atoms with Gasteiger partial charge in [0.05, 0.1) is 5.54 Å². The molecule has 1 aromatic carbocycles. The number of carbonyl (C=O) groups excluding carboxylic acids is 1. The molecule has 2 amide bonds. The Morgan fingerprint density at radius 3 is 2.50 bits per heavy atom. The molecule has 1 heterocycles. The highest BCUT2D eigenvalue weighted by Gasteiger charge is 2.45. The third-order valence-corrected chi connectivity index (χ3v) is 3.66. The largest absolute Gasteiger partial charge is 0.328 e. The Kier molecular flexibility index (Phi) is 3.32. The minimum atomic E-state index is -0.260. The number of nitrogens with zero attached hydrogens (tertiary/aromatic N) is 1. The average Bonchev–Trinajstić information content (AvgIpc) is 3.21. The van der Waals surface area contributed by atoms with Crippen molar-refractivity contribution in [2.45, 2.75) is 18.4 Å². The smallest absolute Gasteiger partial charge is 0.321 e. The van der Waals surface area contributed by atoms with Crippen LogP contribution in [0.5, 0.6) is 0 Å². The Morgan fingerprint density at radius 2 is 1.90 bits per heavy atom. The lowest BCUT2D eigenvalue weighted by molar-refractivity contribution is 0.247. The van der Waals surface area contributed by atoms with E-state index in [4.69, 9.17) is 11.6 Å². The Labute approximate surface area is 122 Å². The zero-order valence-corrected chi connectivity index (χ0v) is 11.5. The maximum atomic E-state index is 12.0. The number of anilines is 1. The quantitative estimate of drug-likeness (QED) is 0.907. The highest BCUT2D eigenvalue weighted by molar-refractivity contribution is 6.30.